The lowest BCUT2D eigenvalue weighted by Crippen LogP contribution is -2.49. The molecular weight excluding hydrogens is 344 g/mol. The van der Waals surface area contributed by atoms with Crippen molar-refractivity contribution in [2.45, 2.75) is 31.0 Å². The number of hydrogen-bond acceptors (Lipinski definition) is 5. The lowest BCUT2D eigenvalue weighted by atomic mass is 10.3. The van der Waals surface area contributed by atoms with Crippen LogP contribution in [0.15, 0.2) is 28.7 Å². The minimum Gasteiger partial charge on any atom is -0.334 e. The van der Waals surface area contributed by atoms with E-state index in [-0.39, 0.29) is 0 Å². The second-order valence-electron chi connectivity index (χ2n) is 6.00. The summed E-state index contributed by atoms with van der Waals surface area (Å²) in [5, 5.41) is 0. The zero-order valence-corrected chi connectivity index (χ0v) is 15.8. The van der Waals surface area contributed by atoms with Gasteiger partial charge in [0.25, 0.3) is 10.0 Å². The number of hydrogen-bond donors (Lipinski definition) is 0. The van der Waals surface area contributed by atoms with Gasteiger partial charge in [0.2, 0.25) is 0 Å². The van der Waals surface area contributed by atoms with Gasteiger partial charge in [0.05, 0.1) is 0 Å². The molecule has 8 heteroatoms. The van der Waals surface area contributed by atoms with Gasteiger partial charge >= 0.3 is 0 Å². The summed E-state index contributed by atoms with van der Waals surface area (Å²) in [4.78, 5) is 7.69. The first kappa shape index (κ1) is 17.6. The van der Waals surface area contributed by atoms with Crippen molar-refractivity contribution in [2.24, 2.45) is 0 Å². The van der Waals surface area contributed by atoms with Gasteiger partial charge in [0.1, 0.15) is 10.0 Å². The number of nitrogens with zero attached hydrogens (tertiary/aromatic N) is 4. The summed E-state index contributed by atoms with van der Waals surface area (Å²) in [6.07, 6.45) is 4.78. The Bertz CT molecular complexity index is 774. The van der Waals surface area contributed by atoms with E-state index in [1.165, 1.54) is 11.3 Å². The van der Waals surface area contributed by atoms with Gasteiger partial charge in [-0.3, -0.25) is 4.90 Å². The maximum atomic E-state index is 12.6. The van der Waals surface area contributed by atoms with Crippen molar-refractivity contribution in [3.8, 4) is 0 Å². The molecule has 0 amide bonds. The smallest absolute Gasteiger partial charge is 0.252 e. The Morgan fingerprint density at radius 2 is 1.92 bits per heavy atom. The molecule has 1 aliphatic heterocycles. The van der Waals surface area contributed by atoms with Gasteiger partial charge in [-0.15, -0.1) is 11.3 Å². The summed E-state index contributed by atoms with van der Waals surface area (Å²) in [7, 11) is -3.32. The van der Waals surface area contributed by atoms with Gasteiger partial charge in [0, 0.05) is 63.0 Å². The predicted molar refractivity (Wildman–Crippen MR) is 95.9 cm³/mol. The highest BCUT2D eigenvalue weighted by molar-refractivity contribution is 7.91. The van der Waals surface area contributed by atoms with E-state index in [2.05, 4.69) is 21.4 Å². The fourth-order valence-electron chi connectivity index (χ4n) is 2.98. The number of aromatic nitrogens is 2. The molecule has 1 fully saturated rings. The quantitative estimate of drug-likeness (QED) is 0.780. The highest BCUT2D eigenvalue weighted by Crippen LogP contribution is 2.25. The molecule has 0 N–H and O–H groups in total. The van der Waals surface area contributed by atoms with Crippen LogP contribution in [0.1, 0.15) is 17.6 Å². The van der Waals surface area contributed by atoms with Crippen molar-refractivity contribution in [3.63, 3.8) is 0 Å². The Labute approximate surface area is 147 Å². The summed E-state index contributed by atoms with van der Waals surface area (Å²) in [5.41, 5.74) is 0. The van der Waals surface area contributed by atoms with Crippen LogP contribution in [0, 0.1) is 6.92 Å². The second-order valence-corrected chi connectivity index (χ2v) is 9.45. The summed E-state index contributed by atoms with van der Waals surface area (Å²) in [5.74, 6) is 1.10. The molecule has 2 aromatic rings. The number of imidazole rings is 1. The molecule has 0 radical (unpaired) electrons. The van der Waals surface area contributed by atoms with Crippen LogP contribution in [0.5, 0.6) is 0 Å². The van der Waals surface area contributed by atoms with Crippen LogP contribution in [0.4, 0.5) is 0 Å². The van der Waals surface area contributed by atoms with E-state index in [0.717, 1.165) is 43.3 Å². The first-order chi connectivity index (χ1) is 11.5. The van der Waals surface area contributed by atoms with Crippen LogP contribution >= 0.6 is 11.3 Å². The molecule has 0 saturated carbocycles. The van der Waals surface area contributed by atoms with Crippen molar-refractivity contribution in [2.75, 3.05) is 32.7 Å². The molecule has 6 nitrogen and oxygen atoms in total. The Morgan fingerprint density at radius 1 is 1.17 bits per heavy atom. The monoisotopic (exact) mass is 368 g/mol. The van der Waals surface area contributed by atoms with Crippen molar-refractivity contribution in [1.29, 1.82) is 0 Å². The van der Waals surface area contributed by atoms with E-state index in [0.29, 0.717) is 17.3 Å². The molecule has 3 heterocycles. The van der Waals surface area contributed by atoms with E-state index >= 15 is 0 Å². The highest BCUT2D eigenvalue weighted by atomic mass is 32.2. The average Bonchev–Trinajstić information content (AvgIpc) is 3.22. The number of sulfonamides is 1. The topological polar surface area (TPSA) is 58.4 Å². The van der Waals surface area contributed by atoms with Gasteiger partial charge in [0.15, 0.2) is 0 Å². The Kier molecular flexibility index (Phi) is 5.39. The minimum absolute atomic E-state index is 0.458. The molecule has 0 spiro atoms. The van der Waals surface area contributed by atoms with Crippen LogP contribution in [-0.2, 0) is 23.0 Å². The first-order valence-electron chi connectivity index (χ1n) is 8.29. The number of piperazine rings is 1. The molecule has 0 bridgehead atoms. The normalized spacial score (nSPS) is 17.4. The molecule has 0 aromatic carbocycles. The van der Waals surface area contributed by atoms with Crippen LogP contribution in [-0.4, -0.2) is 59.9 Å². The van der Waals surface area contributed by atoms with Crippen molar-refractivity contribution in [3.05, 3.63) is 35.2 Å². The maximum absolute atomic E-state index is 12.6. The van der Waals surface area contributed by atoms with Gasteiger partial charge in [-0.05, 0) is 19.1 Å². The number of rotatable bonds is 6. The number of aryl methyl sites for hydroxylation is 2. The minimum atomic E-state index is -3.32. The van der Waals surface area contributed by atoms with Gasteiger partial charge in [-0.25, -0.2) is 13.4 Å². The zero-order valence-electron chi connectivity index (χ0n) is 14.2. The standard InChI is InChI=1S/C16H24N4O2S2/c1-3-15-17-6-7-19(15)11-8-18-9-12-20(13-10-18)24(21,22)16-5-4-14(2)23-16/h4-7H,3,8-13H2,1-2H3. The van der Waals surface area contributed by atoms with Crippen molar-refractivity contribution in [1.82, 2.24) is 18.8 Å². The number of thiophene rings is 1. The second kappa shape index (κ2) is 7.35. The summed E-state index contributed by atoms with van der Waals surface area (Å²) >= 11 is 1.35. The first-order valence-corrected chi connectivity index (χ1v) is 10.6. The fourth-order valence-corrected chi connectivity index (χ4v) is 5.84. The van der Waals surface area contributed by atoms with Crippen LogP contribution in [0.3, 0.4) is 0 Å². The lowest BCUT2D eigenvalue weighted by Gasteiger charge is -2.33. The molecule has 24 heavy (non-hydrogen) atoms. The van der Waals surface area contributed by atoms with Gasteiger partial charge < -0.3 is 4.57 Å². The average molecular weight is 369 g/mol. The van der Waals surface area contributed by atoms with E-state index in [4.69, 9.17) is 0 Å². The molecule has 0 unspecified atom stereocenters. The molecule has 1 saturated heterocycles. The Morgan fingerprint density at radius 3 is 2.54 bits per heavy atom. The zero-order chi connectivity index (χ0) is 17.2. The molecule has 1 aliphatic rings. The molecule has 3 rings (SSSR count). The largest absolute Gasteiger partial charge is 0.334 e. The Balaban J connectivity index is 1.54. The molecular formula is C16H24N4O2S2. The van der Waals surface area contributed by atoms with E-state index in [9.17, 15) is 8.42 Å². The summed E-state index contributed by atoms with van der Waals surface area (Å²) < 4.78 is 29.5. The molecule has 0 aliphatic carbocycles. The maximum Gasteiger partial charge on any atom is 0.252 e. The van der Waals surface area contributed by atoms with Crippen LogP contribution in [0.2, 0.25) is 0 Å². The summed E-state index contributed by atoms with van der Waals surface area (Å²) in [6, 6.07) is 3.58. The van der Waals surface area contributed by atoms with E-state index in [1.807, 2.05) is 25.4 Å². The van der Waals surface area contributed by atoms with E-state index < -0.39 is 10.0 Å². The highest BCUT2D eigenvalue weighted by Gasteiger charge is 2.29. The Hall–Kier alpha value is -1.22. The van der Waals surface area contributed by atoms with Crippen LogP contribution < -0.4 is 0 Å². The summed E-state index contributed by atoms with van der Waals surface area (Å²) in [6.45, 7) is 8.54. The molecule has 0 atom stereocenters. The third-order valence-electron chi connectivity index (χ3n) is 4.42. The van der Waals surface area contributed by atoms with Crippen molar-refractivity contribution >= 4 is 21.4 Å². The SMILES string of the molecule is CCc1nccn1CCN1CCN(S(=O)(=O)c2ccc(C)s2)CC1. The van der Waals surface area contributed by atoms with Gasteiger partial charge in [-0.2, -0.15) is 4.31 Å². The predicted octanol–water partition coefficient (Wildman–Crippen LogP) is 1.82. The lowest BCUT2D eigenvalue weighted by molar-refractivity contribution is 0.182. The van der Waals surface area contributed by atoms with E-state index in [1.54, 1.807) is 10.4 Å². The third-order valence-corrected chi connectivity index (χ3v) is 7.78. The molecule has 132 valence electrons. The molecule has 2 aromatic heterocycles. The fraction of sp³-hybridized carbons (Fsp3) is 0.562. The third kappa shape index (κ3) is 3.72. The van der Waals surface area contributed by atoms with Gasteiger partial charge in [-0.1, -0.05) is 6.92 Å². The van der Waals surface area contributed by atoms with Crippen LogP contribution in [0.25, 0.3) is 0 Å². The van der Waals surface area contributed by atoms with Crippen molar-refractivity contribution < 1.29 is 8.42 Å².